The molecule has 3 N–H and O–H groups in total. The smallest absolute Gasteiger partial charge is 0.276 e. The number of halogens is 1. The summed E-state index contributed by atoms with van der Waals surface area (Å²) >= 11 is 5.73. The van der Waals surface area contributed by atoms with Gasteiger partial charge in [-0.2, -0.15) is 18.4 Å². The zero-order valence-electron chi connectivity index (χ0n) is 11.2. The molecular weight excluding hydrogens is 310 g/mol. The molecule has 0 radical (unpaired) electrons. The molecule has 5 nitrogen and oxygen atoms in total. The Hall–Kier alpha value is -2.05. The number of nitrogens with one attached hydrogen (secondary N) is 1. The van der Waals surface area contributed by atoms with E-state index < -0.39 is 10.0 Å². The predicted octanol–water partition coefficient (Wildman–Crippen LogP) is 2.62. The van der Waals surface area contributed by atoms with Crippen LogP contribution in [0.1, 0.15) is 12.5 Å². The quantitative estimate of drug-likeness (QED) is 0.515. The van der Waals surface area contributed by atoms with Gasteiger partial charge in [0.25, 0.3) is 10.0 Å². The lowest BCUT2D eigenvalue weighted by atomic mass is 10.1. The molecule has 0 bridgehead atoms. The van der Waals surface area contributed by atoms with Crippen LogP contribution in [-0.2, 0) is 10.0 Å². The van der Waals surface area contributed by atoms with Gasteiger partial charge in [-0.1, -0.05) is 23.7 Å². The maximum atomic E-state index is 12.1. The molecule has 2 aromatic carbocycles. The normalized spacial score (nSPS) is 12.2. The van der Waals surface area contributed by atoms with E-state index in [1.165, 1.54) is 24.3 Å². The lowest BCUT2D eigenvalue weighted by Gasteiger charge is -2.05. The number of sulfonamides is 1. The lowest BCUT2D eigenvalue weighted by Crippen LogP contribution is -2.19. The van der Waals surface area contributed by atoms with Gasteiger partial charge in [-0.25, -0.2) is 0 Å². The van der Waals surface area contributed by atoms with E-state index in [-0.39, 0.29) is 4.90 Å². The molecule has 0 aliphatic carbocycles. The second-order valence-corrected chi connectivity index (χ2v) is 6.47. The van der Waals surface area contributed by atoms with Crippen molar-refractivity contribution in [2.75, 3.05) is 5.73 Å². The van der Waals surface area contributed by atoms with Crippen molar-refractivity contribution >= 4 is 33.0 Å². The number of hydrogen-bond acceptors (Lipinski definition) is 4. The molecular formula is C14H14ClN3O2S. The van der Waals surface area contributed by atoms with Crippen molar-refractivity contribution in [2.24, 2.45) is 5.10 Å². The van der Waals surface area contributed by atoms with Gasteiger partial charge in [0.2, 0.25) is 0 Å². The molecule has 2 aromatic rings. The van der Waals surface area contributed by atoms with E-state index in [0.29, 0.717) is 16.4 Å². The van der Waals surface area contributed by atoms with Crippen LogP contribution in [0.25, 0.3) is 0 Å². The third-order valence-electron chi connectivity index (χ3n) is 2.79. The first kappa shape index (κ1) is 15.3. The average molecular weight is 324 g/mol. The number of hydrogen-bond donors (Lipinski definition) is 2. The molecule has 0 fully saturated rings. The van der Waals surface area contributed by atoms with E-state index in [1.54, 1.807) is 31.2 Å². The van der Waals surface area contributed by atoms with Crippen molar-refractivity contribution in [2.45, 2.75) is 11.8 Å². The fraction of sp³-hybridized carbons (Fsp3) is 0.0714. The summed E-state index contributed by atoms with van der Waals surface area (Å²) in [6.07, 6.45) is 0. The molecule has 0 amide bonds. The molecule has 0 aliphatic heterocycles. The van der Waals surface area contributed by atoms with Crippen LogP contribution in [0.15, 0.2) is 58.5 Å². The first-order valence-corrected chi connectivity index (χ1v) is 7.92. The van der Waals surface area contributed by atoms with Gasteiger partial charge in [-0.3, -0.25) is 0 Å². The third-order valence-corrected chi connectivity index (χ3v) is 4.26. The van der Waals surface area contributed by atoms with Crippen LogP contribution in [0.4, 0.5) is 5.69 Å². The summed E-state index contributed by atoms with van der Waals surface area (Å²) in [5, 5.41) is 4.37. The average Bonchev–Trinajstić information content (AvgIpc) is 2.46. The zero-order chi connectivity index (χ0) is 15.5. The molecule has 0 saturated carbocycles. The Labute approximate surface area is 128 Å². The number of anilines is 1. The van der Waals surface area contributed by atoms with E-state index in [0.717, 1.165) is 5.56 Å². The largest absolute Gasteiger partial charge is 0.399 e. The maximum absolute atomic E-state index is 12.1. The van der Waals surface area contributed by atoms with Crippen LogP contribution in [0.2, 0.25) is 5.02 Å². The highest BCUT2D eigenvalue weighted by Gasteiger charge is 2.12. The van der Waals surface area contributed by atoms with E-state index in [9.17, 15) is 8.42 Å². The van der Waals surface area contributed by atoms with Gasteiger partial charge < -0.3 is 5.73 Å². The summed E-state index contributed by atoms with van der Waals surface area (Å²) in [4.78, 5) is 2.29. The predicted molar refractivity (Wildman–Crippen MR) is 84.8 cm³/mol. The highest BCUT2D eigenvalue weighted by molar-refractivity contribution is 7.89. The molecule has 21 heavy (non-hydrogen) atoms. The Balaban J connectivity index is 2.18. The second-order valence-electron chi connectivity index (χ2n) is 4.37. The minimum Gasteiger partial charge on any atom is -0.399 e. The Morgan fingerprint density at radius 1 is 1.10 bits per heavy atom. The lowest BCUT2D eigenvalue weighted by molar-refractivity contribution is 0.584. The Morgan fingerprint density at radius 2 is 1.67 bits per heavy atom. The van der Waals surface area contributed by atoms with Crippen molar-refractivity contribution in [1.82, 2.24) is 4.83 Å². The Bertz CT molecular complexity index is 754. The maximum Gasteiger partial charge on any atom is 0.276 e. The number of nitrogens with two attached hydrogens (primary N) is 1. The standard InChI is InChI=1S/C14H14ClN3O2S/c1-10(11-2-6-13(16)7-3-11)17-18-21(19,20)14-8-4-12(15)5-9-14/h2-9,18H,16H2,1H3/b17-10+. The number of benzene rings is 2. The van der Waals surface area contributed by atoms with Crippen molar-refractivity contribution in [3.8, 4) is 0 Å². The van der Waals surface area contributed by atoms with Gasteiger partial charge >= 0.3 is 0 Å². The first-order chi connectivity index (χ1) is 9.88. The highest BCUT2D eigenvalue weighted by Crippen LogP contribution is 2.14. The number of nitrogens with zero attached hydrogens (tertiary/aromatic N) is 1. The van der Waals surface area contributed by atoms with Gasteiger partial charge in [0.15, 0.2) is 0 Å². The SMILES string of the molecule is C/C(=N\NS(=O)(=O)c1ccc(Cl)cc1)c1ccc(N)cc1. The van der Waals surface area contributed by atoms with E-state index >= 15 is 0 Å². The van der Waals surface area contributed by atoms with Gasteiger partial charge in [-0.05, 0) is 48.9 Å². The molecule has 2 rings (SSSR count). The minimum absolute atomic E-state index is 0.0979. The summed E-state index contributed by atoms with van der Waals surface area (Å²) in [6, 6.07) is 12.8. The molecule has 0 saturated heterocycles. The number of hydrazone groups is 1. The number of nitrogen functional groups attached to an aromatic ring is 1. The van der Waals surface area contributed by atoms with E-state index in [4.69, 9.17) is 17.3 Å². The van der Waals surface area contributed by atoms with Gasteiger partial charge in [0.05, 0.1) is 10.6 Å². The van der Waals surface area contributed by atoms with Crippen LogP contribution < -0.4 is 10.6 Å². The third kappa shape index (κ3) is 3.96. The summed E-state index contributed by atoms with van der Waals surface area (Å²) < 4.78 is 24.1. The van der Waals surface area contributed by atoms with Gasteiger partial charge in [0, 0.05) is 10.7 Å². The highest BCUT2D eigenvalue weighted by atomic mass is 35.5. The van der Waals surface area contributed by atoms with Crippen molar-refractivity contribution in [1.29, 1.82) is 0 Å². The molecule has 110 valence electrons. The number of rotatable bonds is 4. The van der Waals surface area contributed by atoms with Crippen LogP contribution in [0.5, 0.6) is 0 Å². The fourth-order valence-corrected chi connectivity index (χ4v) is 2.57. The first-order valence-electron chi connectivity index (χ1n) is 6.06. The Kier molecular flexibility index (Phi) is 4.50. The second kappa shape index (κ2) is 6.15. The van der Waals surface area contributed by atoms with Crippen LogP contribution in [0, 0.1) is 0 Å². The van der Waals surface area contributed by atoms with Gasteiger partial charge in [-0.15, -0.1) is 0 Å². The molecule has 0 aliphatic rings. The Morgan fingerprint density at radius 3 is 2.24 bits per heavy atom. The minimum atomic E-state index is -3.71. The fourth-order valence-electron chi connectivity index (χ4n) is 1.58. The van der Waals surface area contributed by atoms with Crippen molar-refractivity contribution < 1.29 is 8.42 Å². The van der Waals surface area contributed by atoms with Gasteiger partial charge in [0.1, 0.15) is 0 Å². The zero-order valence-corrected chi connectivity index (χ0v) is 12.8. The van der Waals surface area contributed by atoms with Crippen molar-refractivity contribution in [3.63, 3.8) is 0 Å². The van der Waals surface area contributed by atoms with Crippen molar-refractivity contribution in [3.05, 3.63) is 59.1 Å². The molecule has 0 atom stereocenters. The van der Waals surface area contributed by atoms with Crippen LogP contribution >= 0.6 is 11.6 Å². The summed E-state index contributed by atoms with van der Waals surface area (Å²) in [5.41, 5.74) is 7.54. The topological polar surface area (TPSA) is 84.5 Å². The van der Waals surface area contributed by atoms with E-state index in [2.05, 4.69) is 9.93 Å². The molecule has 0 heterocycles. The summed E-state index contributed by atoms with van der Waals surface area (Å²) in [6.45, 7) is 1.70. The summed E-state index contributed by atoms with van der Waals surface area (Å²) in [7, 11) is -3.71. The van der Waals surface area contributed by atoms with Crippen LogP contribution in [0.3, 0.4) is 0 Å². The van der Waals surface area contributed by atoms with E-state index in [1.807, 2.05) is 0 Å². The molecule has 0 unspecified atom stereocenters. The molecule has 7 heteroatoms. The molecule has 0 spiro atoms. The molecule has 0 aromatic heterocycles. The monoisotopic (exact) mass is 323 g/mol. The summed E-state index contributed by atoms with van der Waals surface area (Å²) in [5.74, 6) is 0. The van der Waals surface area contributed by atoms with Crippen LogP contribution in [-0.4, -0.2) is 14.1 Å².